The van der Waals surface area contributed by atoms with E-state index in [1.807, 2.05) is 0 Å². The summed E-state index contributed by atoms with van der Waals surface area (Å²) in [6.07, 6.45) is 2.69. The van der Waals surface area contributed by atoms with Gasteiger partial charge < -0.3 is 10.5 Å². The molecule has 0 aliphatic rings. The van der Waals surface area contributed by atoms with E-state index in [1.54, 1.807) is 19.2 Å². The van der Waals surface area contributed by atoms with Crippen LogP contribution in [-0.2, 0) is 14.8 Å². The summed E-state index contributed by atoms with van der Waals surface area (Å²) in [4.78, 5) is 0.244. The van der Waals surface area contributed by atoms with E-state index < -0.39 is 10.0 Å². The first-order valence-electron chi connectivity index (χ1n) is 5.90. The van der Waals surface area contributed by atoms with Gasteiger partial charge in [-0.1, -0.05) is 0 Å². The van der Waals surface area contributed by atoms with Crippen LogP contribution in [0, 0.1) is 0 Å². The lowest BCUT2D eigenvalue weighted by atomic mass is 10.2. The molecule has 18 heavy (non-hydrogen) atoms. The average Bonchev–Trinajstić information content (AvgIpc) is 2.34. The standard InChI is InChI=1S/C12H20N2O3S/c1-17-10-4-2-3-9-14-18(15,16)12-7-5-11(13)6-8-12/h5-8,14H,2-4,9-10,13H2,1H3. The third kappa shape index (κ3) is 5.03. The fourth-order valence-electron chi connectivity index (χ4n) is 1.49. The Kier molecular flexibility index (Phi) is 6.11. The SMILES string of the molecule is COCCCCCNS(=O)(=O)c1ccc(N)cc1. The molecule has 0 heterocycles. The van der Waals surface area contributed by atoms with Crippen molar-refractivity contribution < 1.29 is 13.2 Å². The predicted molar refractivity (Wildman–Crippen MR) is 71.8 cm³/mol. The molecular formula is C12H20N2O3S. The molecule has 0 bridgehead atoms. The number of benzene rings is 1. The van der Waals surface area contributed by atoms with E-state index in [0.717, 1.165) is 19.3 Å². The number of anilines is 1. The zero-order valence-electron chi connectivity index (χ0n) is 10.6. The summed E-state index contributed by atoms with van der Waals surface area (Å²) in [7, 11) is -1.75. The van der Waals surface area contributed by atoms with Crippen LogP contribution in [0.1, 0.15) is 19.3 Å². The summed E-state index contributed by atoms with van der Waals surface area (Å²) < 4.78 is 31.2. The zero-order valence-corrected chi connectivity index (χ0v) is 11.4. The van der Waals surface area contributed by atoms with Gasteiger partial charge in [0, 0.05) is 25.9 Å². The Labute approximate surface area is 108 Å². The van der Waals surface area contributed by atoms with Crippen molar-refractivity contribution in [3.05, 3.63) is 24.3 Å². The van der Waals surface area contributed by atoms with E-state index in [1.165, 1.54) is 12.1 Å². The number of rotatable bonds is 8. The minimum atomic E-state index is -3.41. The molecule has 0 spiro atoms. The van der Waals surface area contributed by atoms with Crippen LogP contribution in [0.3, 0.4) is 0 Å². The predicted octanol–water partition coefficient (Wildman–Crippen LogP) is 1.36. The molecule has 0 atom stereocenters. The molecule has 3 N–H and O–H groups in total. The molecule has 1 aromatic carbocycles. The second-order valence-electron chi connectivity index (χ2n) is 4.02. The van der Waals surface area contributed by atoms with Gasteiger partial charge >= 0.3 is 0 Å². The van der Waals surface area contributed by atoms with Crippen molar-refractivity contribution >= 4 is 15.7 Å². The van der Waals surface area contributed by atoms with Crippen LogP contribution in [0.15, 0.2) is 29.2 Å². The second-order valence-corrected chi connectivity index (χ2v) is 5.79. The number of hydrogen-bond donors (Lipinski definition) is 2. The quantitative estimate of drug-likeness (QED) is 0.553. The molecule has 0 aliphatic carbocycles. The van der Waals surface area contributed by atoms with Crippen LogP contribution in [0.2, 0.25) is 0 Å². The van der Waals surface area contributed by atoms with Crippen LogP contribution in [-0.4, -0.2) is 28.7 Å². The van der Waals surface area contributed by atoms with Gasteiger partial charge in [-0.25, -0.2) is 13.1 Å². The third-order valence-corrected chi connectivity index (χ3v) is 3.98. The number of ether oxygens (including phenoxy) is 1. The maximum atomic E-state index is 11.9. The van der Waals surface area contributed by atoms with Gasteiger partial charge in [0.05, 0.1) is 4.90 Å². The average molecular weight is 272 g/mol. The largest absolute Gasteiger partial charge is 0.399 e. The number of hydrogen-bond acceptors (Lipinski definition) is 4. The Bertz CT molecular complexity index is 443. The monoisotopic (exact) mass is 272 g/mol. The Morgan fingerprint density at radius 2 is 1.83 bits per heavy atom. The van der Waals surface area contributed by atoms with Gasteiger partial charge in [0.2, 0.25) is 10.0 Å². The lowest BCUT2D eigenvalue weighted by Gasteiger charge is -2.06. The lowest BCUT2D eigenvalue weighted by molar-refractivity contribution is 0.192. The van der Waals surface area contributed by atoms with Crippen LogP contribution in [0.25, 0.3) is 0 Å². The molecule has 0 fully saturated rings. The molecular weight excluding hydrogens is 252 g/mol. The maximum absolute atomic E-state index is 11.9. The van der Waals surface area contributed by atoms with Crippen molar-refractivity contribution in [2.75, 3.05) is 26.0 Å². The maximum Gasteiger partial charge on any atom is 0.240 e. The summed E-state index contributed by atoms with van der Waals surface area (Å²) in [5, 5.41) is 0. The third-order valence-electron chi connectivity index (χ3n) is 2.51. The summed E-state index contributed by atoms with van der Waals surface area (Å²) >= 11 is 0. The topological polar surface area (TPSA) is 81.4 Å². The highest BCUT2D eigenvalue weighted by molar-refractivity contribution is 7.89. The van der Waals surface area contributed by atoms with Crippen molar-refractivity contribution in [1.29, 1.82) is 0 Å². The highest BCUT2D eigenvalue weighted by Crippen LogP contribution is 2.11. The van der Waals surface area contributed by atoms with Gasteiger partial charge in [0.25, 0.3) is 0 Å². The van der Waals surface area contributed by atoms with Gasteiger partial charge in [-0.05, 0) is 43.5 Å². The van der Waals surface area contributed by atoms with Crippen LogP contribution >= 0.6 is 0 Å². The number of unbranched alkanes of at least 4 members (excludes halogenated alkanes) is 2. The van der Waals surface area contributed by atoms with Crippen molar-refractivity contribution in [3.63, 3.8) is 0 Å². The van der Waals surface area contributed by atoms with E-state index in [9.17, 15) is 8.42 Å². The zero-order chi connectivity index (χ0) is 13.4. The van der Waals surface area contributed by atoms with Gasteiger partial charge in [-0.3, -0.25) is 0 Å². The van der Waals surface area contributed by atoms with Gasteiger partial charge in [0.1, 0.15) is 0 Å². The molecule has 1 rings (SSSR count). The Hall–Kier alpha value is -1.11. The van der Waals surface area contributed by atoms with E-state index in [-0.39, 0.29) is 4.90 Å². The molecule has 5 nitrogen and oxygen atoms in total. The molecule has 0 amide bonds. The van der Waals surface area contributed by atoms with E-state index in [4.69, 9.17) is 10.5 Å². The highest BCUT2D eigenvalue weighted by atomic mass is 32.2. The molecule has 0 aromatic heterocycles. The molecule has 0 saturated carbocycles. The summed E-state index contributed by atoms with van der Waals surface area (Å²) in [6, 6.07) is 6.16. The molecule has 0 aliphatic heterocycles. The van der Waals surface area contributed by atoms with Crippen molar-refractivity contribution in [1.82, 2.24) is 4.72 Å². The highest BCUT2D eigenvalue weighted by Gasteiger charge is 2.12. The van der Waals surface area contributed by atoms with Crippen molar-refractivity contribution in [2.24, 2.45) is 0 Å². The number of sulfonamides is 1. The molecule has 0 saturated heterocycles. The van der Waals surface area contributed by atoms with Crippen LogP contribution < -0.4 is 10.5 Å². The molecule has 0 radical (unpaired) electrons. The molecule has 1 aromatic rings. The first-order valence-corrected chi connectivity index (χ1v) is 7.39. The minimum absolute atomic E-state index is 0.244. The van der Waals surface area contributed by atoms with Gasteiger partial charge in [-0.2, -0.15) is 0 Å². The second kappa shape index (κ2) is 7.35. The Balaban J connectivity index is 2.38. The summed E-state index contributed by atoms with van der Waals surface area (Å²) in [5.74, 6) is 0. The Morgan fingerprint density at radius 3 is 2.44 bits per heavy atom. The summed E-state index contributed by atoms with van der Waals surface area (Å²) in [6.45, 7) is 1.15. The number of nitrogen functional groups attached to an aromatic ring is 1. The van der Waals surface area contributed by atoms with E-state index in [2.05, 4.69) is 4.72 Å². The normalized spacial score (nSPS) is 11.6. The number of nitrogens with two attached hydrogens (primary N) is 1. The van der Waals surface area contributed by atoms with Crippen LogP contribution in [0.4, 0.5) is 5.69 Å². The summed E-state index contributed by atoms with van der Waals surface area (Å²) in [5.41, 5.74) is 6.06. The first-order chi connectivity index (χ1) is 8.56. The van der Waals surface area contributed by atoms with E-state index in [0.29, 0.717) is 18.8 Å². The Morgan fingerprint density at radius 1 is 1.17 bits per heavy atom. The lowest BCUT2D eigenvalue weighted by Crippen LogP contribution is -2.24. The number of methoxy groups -OCH3 is 1. The van der Waals surface area contributed by atoms with Gasteiger partial charge in [0.15, 0.2) is 0 Å². The van der Waals surface area contributed by atoms with Crippen LogP contribution in [0.5, 0.6) is 0 Å². The van der Waals surface area contributed by atoms with Gasteiger partial charge in [-0.15, -0.1) is 0 Å². The first kappa shape index (κ1) is 14.9. The number of nitrogens with one attached hydrogen (secondary N) is 1. The van der Waals surface area contributed by atoms with Crippen molar-refractivity contribution in [3.8, 4) is 0 Å². The van der Waals surface area contributed by atoms with E-state index >= 15 is 0 Å². The molecule has 0 unspecified atom stereocenters. The fourth-order valence-corrected chi connectivity index (χ4v) is 2.56. The minimum Gasteiger partial charge on any atom is -0.399 e. The molecule has 102 valence electrons. The van der Waals surface area contributed by atoms with Crippen molar-refractivity contribution in [2.45, 2.75) is 24.2 Å². The molecule has 6 heteroatoms. The smallest absolute Gasteiger partial charge is 0.240 e. The fraction of sp³-hybridized carbons (Fsp3) is 0.500.